The number of amides is 1. The summed E-state index contributed by atoms with van der Waals surface area (Å²) in [6, 6.07) is -0.583. The molecule has 1 heterocycles. The zero-order chi connectivity index (χ0) is 33.8. The van der Waals surface area contributed by atoms with E-state index in [2.05, 4.69) is 39.2 Å². The number of carbonyl (C=O) groups excluding carboxylic acids is 2. The Kier molecular flexibility index (Phi) is 16.5. The van der Waals surface area contributed by atoms with Crippen LogP contribution in [-0.2, 0) is 37.7 Å². The van der Waals surface area contributed by atoms with E-state index in [0.717, 1.165) is 0 Å². The van der Waals surface area contributed by atoms with Gasteiger partial charge in [0.05, 0.1) is 63.1 Å². The SMILES string of the molecule is CCOC(=O)C[C@H](C[C@H](/C=C/C=C/C[C@H](OC)[C@H](CO)NC(=O)C[C@@H]1OC(C)(C)OCC1(C)C)OC)O[Si](C)(C)C(C)(C)C. The third-order valence-electron chi connectivity index (χ3n) is 8.46. The van der Waals surface area contributed by atoms with Crippen LogP contribution in [0.3, 0.4) is 0 Å². The predicted octanol–water partition coefficient (Wildman–Crippen LogP) is 5.30. The monoisotopic (exact) mass is 643 g/mol. The Morgan fingerprint density at radius 2 is 1.77 bits per heavy atom. The summed E-state index contributed by atoms with van der Waals surface area (Å²) in [5, 5.41) is 13.0. The second kappa shape index (κ2) is 17.9. The summed E-state index contributed by atoms with van der Waals surface area (Å²) >= 11 is 0. The van der Waals surface area contributed by atoms with Crippen LogP contribution in [0.1, 0.15) is 81.1 Å². The first-order valence-corrected chi connectivity index (χ1v) is 18.7. The molecule has 1 aliphatic rings. The molecule has 10 nitrogen and oxygen atoms in total. The van der Waals surface area contributed by atoms with Crippen molar-refractivity contribution in [3.8, 4) is 0 Å². The summed E-state index contributed by atoms with van der Waals surface area (Å²) in [7, 11) is 1.06. The molecule has 256 valence electrons. The average molecular weight is 644 g/mol. The Morgan fingerprint density at radius 3 is 2.32 bits per heavy atom. The quantitative estimate of drug-likeness (QED) is 0.116. The van der Waals surface area contributed by atoms with Gasteiger partial charge in [-0.15, -0.1) is 0 Å². The summed E-state index contributed by atoms with van der Waals surface area (Å²) in [6.45, 7) is 20.9. The van der Waals surface area contributed by atoms with E-state index in [4.69, 9.17) is 28.1 Å². The molecular formula is C33H61NO9Si. The van der Waals surface area contributed by atoms with Crippen molar-refractivity contribution in [3.63, 3.8) is 0 Å². The molecule has 0 aromatic heterocycles. The van der Waals surface area contributed by atoms with Crippen molar-refractivity contribution >= 4 is 20.2 Å². The lowest BCUT2D eigenvalue weighted by atomic mass is 9.84. The number of hydrogen-bond donors (Lipinski definition) is 2. The first-order valence-electron chi connectivity index (χ1n) is 15.7. The maximum absolute atomic E-state index is 12.9. The number of ether oxygens (including phenoxy) is 5. The van der Waals surface area contributed by atoms with E-state index in [1.165, 1.54) is 0 Å². The van der Waals surface area contributed by atoms with E-state index >= 15 is 0 Å². The highest BCUT2D eigenvalue weighted by atomic mass is 28.4. The maximum Gasteiger partial charge on any atom is 0.308 e. The number of rotatable bonds is 18. The topological polar surface area (TPSA) is 122 Å². The Bertz CT molecular complexity index is 942. The molecule has 11 heteroatoms. The second-order valence-electron chi connectivity index (χ2n) is 14.2. The highest BCUT2D eigenvalue weighted by Gasteiger charge is 2.43. The van der Waals surface area contributed by atoms with Gasteiger partial charge in [-0.3, -0.25) is 9.59 Å². The molecule has 0 aromatic carbocycles. The normalized spacial score (nSPS) is 21.6. The third-order valence-corrected chi connectivity index (χ3v) is 13.0. The second-order valence-corrected chi connectivity index (χ2v) is 18.9. The lowest BCUT2D eigenvalue weighted by Gasteiger charge is -2.45. The summed E-state index contributed by atoms with van der Waals surface area (Å²) in [4.78, 5) is 25.3. The van der Waals surface area contributed by atoms with Crippen molar-refractivity contribution < 1.29 is 42.8 Å². The molecule has 0 spiro atoms. The molecule has 5 atom stereocenters. The molecule has 1 fully saturated rings. The Labute approximate surface area is 267 Å². The van der Waals surface area contributed by atoms with Crippen molar-refractivity contribution in [1.29, 1.82) is 0 Å². The smallest absolute Gasteiger partial charge is 0.308 e. The standard InChI is InChI=1S/C33H61NO9Si/c1-13-40-30(37)20-25(43-44(11,12)31(2,3)4)19-24(38-9)17-15-14-16-18-27(39-10)26(22-35)34-29(36)21-28-32(5,6)23-41-33(7,8)42-28/h14-17,24-28,35H,13,18-23H2,1-12H3,(H,34,36)/b16-14+,17-15+/t24-,25-,26-,27-,28-/m0/s1. The van der Waals surface area contributed by atoms with Crippen LogP contribution in [0.4, 0.5) is 0 Å². The van der Waals surface area contributed by atoms with Crippen molar-refractivity contribution in [2.75, 3.05) is 34.0 Å². The molecule has 1 saturated heterocycles. The molecular weight excluding hydrogens is 582 g/mol. The van der Waals surface area contributed by atoms with Gasteiger partial charge in [0.15, 0.2) is 14.1 Å². The number of esters is 1. The van der Waals surface area contributed by atoms with Crippen molar-refractivity contribution in [3.05, 3.63) is 24.3 Å². The number of aliphatic hydroxyl groups is 1. The van der Waals surface area contributed by atoms with Gasteiger partial charge < -0.3 is 38.5 Å². The highest BCUT2D eigenvalue weighted by Crippen LogP contribution is 2.38. The number of hydrogen-bond acceptors (Lipinski definition) is 9. The van der Waals surface area contributed by atoms with Crippen LogP contribution in [0, 0.1) is 5.41 Å². The van der Waals surface area contributed by atoms with E-state index < -0.39 is 26.3 Å². The first-order chi connectivity index (χ1) is 20.3. The van der Waals surface area contributed by atoms with Gasteiger partial charge in [0.2, 0.25) is 5.91 Å². The Balaban J connectivity index is 2.81. The highest BCUT2D eigenvalue weighted by molar-refractivity contribution is 6.74. The van der Waals surface area contributed by atoms with Crippen LogP contribution in [0.2, 0.25) is 18.1 Å². The van der Waals surface area contributed by atoms with Crippen molar-refractivity contribution in [2.24, 2.45) is 5.41 Å². The number of carbonyl (C=O) groups is 2. The lowest BCUT2D eigenvalue weighted by molar-refractivity contribution is -0.311. The number of methoxy groups -OCH3 is 2. The average Bonchev–Trinajstić information content (AvgIpc) is 2.90. The minimum absolute atomic E-state index is 0.00301. The molecule has 1 rings (SSSR count). The van der Waals surface area contributed by atoms with Crippen LogP contribution in [0.15, 0.2) is 24.3 Å². The summed E-state index contributed by atoms with van der Waals surface area (Å²) < 4.78 is 34.9. The van der Waals surface area contributed by atoms with E-state index in [0.29, 0.717) is 26.1 Å². The zero-order valence-corrected chi connectivity index (χ0v) is 30.4. The van der Waals surface area contributed by atoms with Gasteiger partial charge >= 0.3 is 5.97 Å². The lowest BCUT2D eigenvalue weighted by Crippen LogP contribution is -2.53. The van der Waals surface area contributed by atoms with Gasteiger partial charge in [-0.05, 0) is 45.3 Å². The molecule has 1 aliphatic heterocycles. The van der Waals surface area contributed by atoms with Crippen LogP contribution in [-0.4, -0.2) is 95.6 Å². The Hall–Kier alpha value is -1.60. The van der Waals surface area contributed by atoms with Crippen LogP contribution in [0.5, 0.6) is 0 Å². The number of allylic oxidation sites excluding steroid dienone is 2. The van der Waals surface area contributed by atoms with Gasteiger partial charge in [0.1, 0.15) is 0 Å². The maximum atomic E-state index is 12.9. The van der Waals surface area contributed by atoms with Crippen molar-refractivity contribution in [1.82, 2.24) is 5.32 Å². The molecule has 0 saturated carbocycles. The first kappa shape index (κ1) is 40.4. The van der Waals surface area contributed by atoms with Gasteiger partial charge in [-0.25, -0.2) is 0 Å². The van der Waals surface area contributed by atoms with Gasteiger partial charge in [-0.1, -0.05) is 58.9 Å². The molecule has 2 N–H and O–H groups in total. The minimum atomic E-state index is -2.13. The predicted molar refractivity (Wildman–Crippen MR) is 175 cm³/mol. The van der Waals surface area contributed by atoms with Crippen molar-refractivity contribution in [2.45, 2.75) is 135 Å². The van der Waals surface area contributed by atoms with E-state index in [9.17, 15) is 14.7 Å². The van der Waals surface area contributed by atoms with E-state index in [1.54, 1.807) is 21.1 Å². The fraction of sp³-hybridized carbons (Fsp3) is 0.818. The van der Waals surface area contributed by atoms with E-state index in [-0.39, 0.29) is 60.1 Å². The van der Waals surface area contributed by atoms with Gasteiger partial charge in [0.25, 0.3) is 0 Å². The number of nitrogens with one attached hydrogen (secondary N) is 1. The fourth-order valence-electron chi connectivity index (χ4n) is 4.59. The zero-order valence-electron chi connectivity index (χ0n) is 29.4. The third kappa shape index (κ3) is 13.8. The molecule has 0 aliphatic carbocycles. The van der Waals surface area contributed by atoms with Crippen LogP contribution >= 0.6 is 0 Å². The minimum Gasteiger partial charge on any atom is -0.466 e. The van der Waals surface area contributed by atoms with Gasteiger partial charge in [-0.2, -0.15) is 0 Å². The number of aliphatic hydroxyl groups excluding tert-OH is 1. The van der Waals surface area contributed by atoms with Gasteiger partial charge in [0, 0.05) is 26.1 Å². The summed E-state index contributed by atoms with van der Waals surface area (Å²) in [6.07, 6.45) is 7.55. The summed E-state index contributed by atoms with van der Waals surface area (Å²) in [5.41, 5.74) is -0.326. The molecule has 0 aromatic rings. The molecule has 0 radical (unpaired) electrons. The molecule has 1 amide bonds. The molecule has 44 heavy (non-hydrogen) atoms. The van der Waals surface area contributed by atoms with E-state index in [1.807, 2.05) is 52.0 Å². The largest absolute Gasteiger partial charge is 0.466 e. The molecule has 0 unspecified atom stereocenters. The Morgan fingerprint density at radius 1 is 1.11 bits per heavy atom. The van der Waals surface area contributed by atoms with Crippen LogP contribution < -0.4 is 5.32 Å². The molecule has 0 bridgehead atoms. The fourth-order valence-corrected chi connectivity index (χ4v) is 5.95. The van der Waals surface area contributed by atoms with Crippen LogP contribution in [0.25, 0.3) is 0 Å². The summed E-state index contributed by atoms with van der Waals surface area (Å²) in [5.74, 6) is -1.25.